The summed E-state index contributed by atoms with van der Waals surface area (Å²) in [5, 5.41) is 4.41. The molecule has 4 rings (SSSR count). The van der Waals surface area contributed by atoms with Gasteiger partial charge in [-0.1, -0.05) is 36.4 Å². The molecule has 0 aliphatic heterocycles. The summed E-state index contributed by atoms with van der Waals surface area (Å²) in [5.74, 6) is 0.725. The highest BCUT2D eigenvalue weighted by molar-refractivity contribution is 5.96. The van der Waals surface area contributed by atoms with E-state index in [1.807, 2.05) is 55.5 Å². The molecule has 2 N–H and O–H groups in total. The number of hydrogen-bond acceptors (Lipinski definition) is 5. The molecule has 0 atom stereocenters. The summed E-state index contributed by atoms with van der Waals surface area (Å²) in [6.45, 7) is 3.08. The second kappa shape index (κ2) is 7.48. The van der Waals surface area contributed by atoms with Crippen LogP contribution in [0.3, 0.4) is 0 Å². The van der Waals surface area contributed by atoms with Gasteiger partial charge < -0.3 is 10.6 Å². The average Bonchev–Trinajstić information content (AvgIpc) is 3.18. The highest BCUT2D eigenvalue weighted by atomic mass is 16.2. The quantitative estimate of drug-likeness (QED) is 0.582. The van der Waals surface area contributed by atoms with Crippen molar-refractivity contribution in [3.05, 3.63) is 78.0 Å². The van der Waals surface area contributed by atoms with Gasteiger partial charge in [-0.2, -0.15) is 4.52 Å². The molecule has 1 amide bonds. The van der Waals surface area contributed by atoms with E-state index in [9.17, 15) is 4.79 Å². The molecule has 1 aromatic carbocycles. The van der Waals surface area contributed by atoms with Crippen LogP contribution in [0.1, 0.15) is 22.8 Å². The molecule has 0 fully saturated rings. The van der Waals surface area contributed by atoms with Crippen LogP contribution < -0.4 is 5.73 Å². The van der Waals surface area contributed by atoms with Crippen molar-refractivity contribution < 1.29 is 4.79 Å². The van der Waals surface area contributed by atoms with Gasteiger partial charge in [-0.25, -0.2) is 4.98 Å². The van der Waals surface area contributed by atoms with Crippen molar-refractivity contribution >= 4 is 17.4 Å². The number of carbonyl (C=O) groups is 1. The third-order valence-electron chi connectivity index (χ3n) is 4.49. The fraction of sp³-hybridized carbons (Fsp3) is 0.143. The number of aromatic nitrogens is 4. The zero-order valence-corrected chi connectivity index (χ0v) is 15.5. The van der Waals surface area contributed by atoms with Crippen LogP contribution in [0.4, 0.5) is 5.82 Å². The minimum Gasteiger partial charge on any atom is -0.384 e. The number of fused-ring (bicyclic) bond motifs is 1. The Balaban J connectivity index is 1.67. The maximum atomic E-state index is 13.1. The predicted octanol–water partition coefficient (Wildman–Crippen LogP) is 3.04. The molecule has 4 aromatic rings. The Hall–Kier alpha value is -3.74. The van der Waals surface area contributed by atoms with Crippen LogP contribution in [0.15, 0.2) is 66.9 Å². The molecule has 0 saturated carbocycles. The van der Waals surface area contributed by atoms with Crippen molar-refractivity contribution in [2.75, 3.05) is 12.3 Å². The number of nitrogens with zero attached hydrogens (tertiary/aromatic N) is 5. The molecule has 0 spiro atoms. The second-order valence-electron chi connectivity index (χ2n) is 6.39. The van der Waals surface area contributed by atoms with Gasteiger partial charge >= 0.3 is 0 Å². The number of benzene rings is 1. The standard InChI is InChI=1S/C21H20N6O/c1-2-26(14-15-8-4-3-5-9-15)21(28)16-12-18(22)27-19(13-16)24-20(25-27)17-10-6-7-11-23-17/h3-13H,2,14,22H2,1H3. The Kier molecular flexibility index (Phi) is 4.72. The lowest BCUT2D eigenvalue weighted by molar-refractivity contribution is 0.0752. The fourth-order valence-corrected chi connectivity index (χ4v) is 3.05. The zero-order chi connectivity index (χ0) is 19.5. The smallest absolute Gasteiger partial charge is 0.254 e. The maximum Gasteiger partial charge on any atom is 0.254 e. The predicted molar refractivity (Wildman–Crippen MR) is 107 cm³/mol. The Morgan fingerprint density at radius 2 is 1.89 bits per heavy atom. The molecule has 0 bridgehead atoms. The Labute approximate surface area is 162 Å². The van der Waals surface area contributed by atoms with Gasteiger partial charge in [0, 0.05) is 24.8 Å². The van der Waals surface area contributed by atoms with Gasteiger partial charge in [-0.3, -0.25) is 9.78 Å². The Bertz CT molecular complexity index is 1110. The van der Waals surface area contributed by atoms with E-state index in [1.54, 1.807) is 23.2 Å². The van der Waals surface area contributed by atoms with E-state index >= 15 is 0 Å². The molecule has 0 unspecified atom stereocenters. The van der Waals surface area contributed by atoms with Crippen LogP contribution in [-0.2, 0) is 6.54 Å². The van der Waals surface area contributed by atoms with E-state index in [1.165, 1.54) is 4.52 Å². The normalized spacial score (nSPS) is 10.9. The van der Waals surface area contributed by atoms with Crippen LogP contribution in [0.2, 0.25) is 0 Å². The summed E-state index contributed by atoms with van der Waals surface area (Å²) in [6, 6.07) is 18.8. The van der Waals surface area contributed by atoms with Crippen molar-refractivity contribution in [2.24, 2.45) is 0 Å². The first kappa shape index (κ1) is 17.7. The first-order valence-corrected chi connectivity index (χ1v) is 9.06. The van der Waals surface area contributed by atoms with E-state index in [0.717, 1.165) is 5.56 Å². The molecule has 0 radical (unpaired) electrons. The van der Waals surface area contributed by atoms with Crippen LogP contribution >= 0.6 is 0 Å². The summed E-state index contributed by atoms with van der Waals surface area (Å²) in [4.78, 5) is 23.6. The summed E-state index contributed by atoms with van der Waals surface area (Å²) in [5.41, 5.74) is 8.88. The van der Waals surface area contributed by atoms with Crippen LogP contribution in [0, 0.1) is 0 Å². The topological polar surface area (TPSA) is 89.4 Å². The lowest BCUT2D eigenvalue weighted by atomic mass is 10.1. The number of pyridine rings is 2. The number of nitrogens with two attached hydrogens (primary N) is 1. The van der Waals surface area contributed by atoms with E-state index < -0.39 is 0 Å². The molecular weight excluding hydrogens is 352 g/mol. The molecule has 140 valence electrons. The number of amides is 1. The number of carbonyl (C=O) groups excluding carboxylic acids is 1. The third-order valence-corrected chi connectivity index (χ3v) is 4.49. The van der Waals surface area contributed by atoms with E-state index in [0.29, 0.717) is 41.6 Å². The van der Waals surface area contributed by atoms with Gasteiger partial charge in [-0.15, -0.1) is 5.10 Å². The summed E-state index contributed by atoms with van der Waals surface area (Å²) in [6.07, 6.45) is 1.68. The SMILES string of the molecule is CCN(Cc1ccccc1)C(=O)c1cc(N)n2nc(-c3ccccn3)nc2c1. The molecule has 3 aromatic heterocycles. The average molecular weight is 372 g/mol. The summed E-state index contributed by atoms with van der Waals surface area (Å²) < 4.78 is 1.52. The third kappa shape index (κ3) is 3.42. The second-order valence-corrected chi connectivity index (χ2v) is 6.39. The molecular formula is C21H20N6O. The van der Waals surface area contributed by atoms with Crippen molar-refractivity contribution in [1.29, 1.82) is 0 Å². The summed E-state index contributed by atoms with van der Waals surface area (Å²) >= 11 is 0. The molecule has 7 heteroatoms. The minimum atomic E-state index is -0.0945. The molecule has 7 nitrogen and oxygen atoms in total. The van der Waals surface area contributed by atoms with Crippen molar-refractivity contribution in [1.82, 2.24) is 24.5 Å². The number of rotatable bonds is 5. The lowest BCUT2D eigenvalue weighted by Crippen LogP contribution is -2.30. The fourth-order valence-electron chi connectivity index (χ4n) is 3.05. The monoisotopic (exact) mass is 372 g/mol. The van der Waals surface area contributed by atoms with Crippen LogP contribution in [-0.4, -0.2) is 36.9 Å². The van der Waals surface area contributed by atoms with Crippen LogP contribution in [0.5, 0.6) is 0 Å². The van der Waals surface area contributed by atoms with Gasteiger partial charge in [-0.05, 0) is 36.8 Å². The van der Waals surface area contributed by atoms with Crippen LogP contribution in [0.25, 0.3) is 17.2 Å². The molecule has 28 heavy (non-hydrogen) atoms. The zero-order valence-electron chi connectivity index (χ0n) is 15.5. The van der Waals surface area contributed by atoms with E-state index in [4.69, 9.17) is 5.73 Å². The Morgan fingerprint density at radius 3 is 2.61 bits per heavy atom. The Morgan fingerprint density at radius 1 is 1.11 bits per heavy atom. The van der Waals surface area contributed by atoms with Gasteiger partial charge in [0.25, 0.3) is 5.91 Å². The highest BCUT2D eigenvalue weighted by Gasteiger charge is 2.18. The largest absolute Gasteiger partial charge is 0.384 e. The summed E-state index contributed by atoms with van der Waals surface area (Å²) in [7, 11) is 0. The minimum absolute atomic E-state index is 0.0945. The van der Waals surface area contributed by atoms with Gasteiger partial charge in [0.2, 0.25) is 5.82 Å². The van der Waals surface area contributed by atoms with E-state index in [-0.39, 0.29) is 5.91 Å². The maximum absolute atomic E-state index is 13.1. The lowest BCUT2D eigenvalue weighted by Gasteiger charge is -2.21. The molecule has 0 saturated heterocycles. The first-order valence-electron chi connectivity index (χ1n) is 9.06. The van der Waals surface area contributed by atoms with Crippen molar-refractivity contribution in [3.8, 4) is 11.5 Å². The van der Waals surface area contributed by atoms with Gasteiger partial charge in [0.1, 0.15) is 11.5 Å². The molecule has 0 aliphatic rings. The number of hydrogen-bond donors (Lipinski definition) is 1. The van der Waals surface area contributed by atoms with Gasteiger partial charge in [0.15, 0.2) is 5.65 Å². The van der Waals surface area contributed by atoms with Gasteiger partial charge in [0.05, 0.1) is 0 Å². The van der Waals surface area contributed by atoms with E-state index in [2.05, 4.69) is 15.1 Å². The first-order chi connectivity index (χ1) is 13.7. The van der Waals surface area contributed by atoms with Crippen molar-refractivity contribution in [2.45, 2.75) is 13.5 Å². The highest BCUT2D eigenvalue weighted by Crippen LogP contribution is 2.19. The number of anilines is 1. The van der Waals surface area contributed by atoms with Crippen molar-refractivity contribution in [3.63, 3.8) is 0 Å². The molecule has 0 aliphatic carbocycles. The number of nitrogen functional groups attached to an aromatic ring is 1. The molecule has 3 heterocycles.